The molecule has 0 saturated heterocycles. The Bertz CT molecular complexity index is 777. The molecule has 22 heavy (non-hydrogen) atoms. The molecule has 1 aromatic carbocycles. The Kier molecular flexibility index (Phi) is 4.10. The normalized spacial score (nSPS) is 16.5. The summed E-state index contributed by atoms with van der Waals surface area (Å²) in [4.78, 5) is 23.5. The second-order valence-corrected chi connectivity index (χ2v) is 7.00. The fourth-order valence-electron chi connectivity index (χ4n) is 2.43. The molecule has 0 saturated carbocycles. The molecule has 0 aromatic heterocycles. The van der Waals surface area contributed by atoms with Crippen molar-refractivity contribution in [2.45, 2.75) is 38.6 Å². The Labute approximate surface area is 129 Å². The lowest BCUT2D eigenvalue weighted by atomic mass is 10.1. The Morgan fingerprint density at radius 1 is 1.14 bits per heavy atom. The van der Waals surface area contributed by atoms with E-state index in [-0.39, 0.29) is 21.9 Å². The van der Waals surface area contributed by atoms with Gasteiger partial charge in [-0.2, -0.15) is 0 Å². The van der Waals surface area contributed by atoms with Crippen molar-refractivity contribution in [3.63, 3.8) is 0 Å². The van der Waals surface area contributed by atoms with E-state index < -0.39 is 27.8 Å². The van der Waals surface area contributed by atoms with Gasteiger partial charge in [0, 0.05) is 25.5 Å². The first-order valence-corrected chi connectivity index (χ1v) is 8.19. The summed E-state index contributed by atoms with van der Waals surface area (Å²) in [7, 11) is -3.88. The van der Waals surface area contributed by atoms with Crippen LogP contribution in [0.2, 0.25) is 0 Å². The van der Waals surface area contributed by atoms with Crippen LogP contribution in [0.15, 0.2) is 34.9 Å². The first kappa shape index (κ1) is 16.2. The SMILES string of the molecule is CC(=O)OC1=C(C(C)=O)N(C(C)C)S(=O)(=O)c2ccccc21. The van der Waals surface area contributed by atoms with Gasteiger partial charge in [0.05, 0.1) is 4.90 Å². The van der Waals surface area contributed by atoms with Gasteiger partial charge in [0.1, 0.15) is 5.70 Å². The molecule has 118 valence electrons. The number of fused-ring (bicyclic) bond motifs is 1. The molecule has 1 aliphatic heterocycles. The van der Waals surface area contributed by atoms with Crippen LogP contribution in [0.25, 0.3) is 5.76 Å². The second-order valence-electron chi connectivity index (χ2n) is 5.22. The van der Waals surface area contributed by atoms with Gasteiger partial charge >= 0.3 is 5.97 Å². The van der Waals surface area contributed by atoms with E-state index in [1.54, 1.807) is 26.0 Å². The number of sulfonamides is 1. The van der Waals surface area contributed by atoms with E-state index >= 15 is 0 Å². The topological polar surface area (TPSA) is 80.8 Å². The monoisotopic (exact) mass is 323 g/mol. The molecule has 0 radical (unpaired) electrons. The summed E-state index contributed by atoms with van der Waals surface area (Å²) < 4.78 is 31.8. The number of ketones is 1. The number of benzene rings is 1. The largest absolute Gasteiger partial charge is 0.424 e. The molecule has 0 N–H and O–H groups in total. The van der Waals surface area contributed by atoms with E-state index in [0.29, 0.717) is 0 Å². The first-order chi connectivity index (χ1) is 10.2. The van der Waals surface area contributed by atoms with Gasteiger partial charge in [-0.3, -0.25) is 13.9 Å². The van der Waals surface area contributed by atoms with Crippen LogP contribution >= 0.6 is 0 Å². The lowest BCUT2D eigenvalue weighted by molar-refractivity contribution is -0.134. The number of carbonyl (C=O) groups is 2. The van der Waals surface area contributed by atoms with Crippen LogP contribution in [0.3, 0.4) is 0 Å². The Balaban J connectivity index is 2.90. The van der Waals surface area contributed by atoms with Crippen LogP contribution in [0.5, 0.6) is 0 Å². The standard InChI is InChI=1S/C15H17NO5S/c1-9(2)16-14(10(3)17)15(21-11(4)18)12-7-5-6-8-13(12)22(16,19)20/h5-9H,1-4H3. The highest BCUT2D eigenvalue weighted by Crippen LogP contribution is 2.38. The molecule has 0 amide bonds. The third kappa shape index (κ3) is 2.52. The zero-order chi connectivity index (χ0) is 16.7. The van der Waals surface area contributed by atoms with Crippen molar-refractivity contribution in [2.75, 3.05) is 0 Å². The summed E-state index contributed by atoms with van der Waals surface area (Å²) in [6.07, 6.45) is 0. The molecular formula is C15H17NO5S. The molecule has 2 rings (SSSR count). The summed E-state index contributed by atoms with van der Waals surface area (Å²) in [5, 5.41) is 0. The van der Waals surface area contributed by atoms with Crippen LogP contribution in [-0.2, 0) is 24.3 Å². The van der Waals surface area contributed by atoms with Crippen molar-refractivity contribution in [3.05, 3.63) is 35.5 Å². The van der Waals surface area contributed by atoms with Crippen LogP contribution < -0.4 is 0 Å². The maximum atomic E-state index is 12.8. The van der Waals surface area contributed by atoms with Crippen LogP contribution in [0.1, 0.15) is 33.3 Å². The third-order valence-corrected chi connectivity index (χ3v) is 5.19. The molecule has 0 aliphatic carbocycles. The van der Waals surface area contributed by atoms with E-state index in [9.17, 15) is 18.0 Å². The van der Waals surface area contributed by atoms with Gasteiger partial charge in [-0.25, -0.2) is 8.42 Å². The summed E-state index contributed by atoms with van der Waals surface area (Å²) in [5.41, 5.74) is 0.101. The average molecular weight is 323 g/mol. The maximum Gasteiger partial charge on any atom is 0.308 e. The zero-order valence-electron chi connectivity index (χ0n) is 12.8. The maximum absolute atomic E-state index is 12.8. The van der Waals surface area contributed by atoms with E-state index in [2.05, 4.69) is 0 Å². The van der Waals surface area contributed by atoms with E-state index in [4.69, 9.17) is 4.74 Å². The summed E-state index contributed by atoms with van der Waals surface area (Å²) >= 11 is 0. The lowest BCUT2D eigenvalue weighted by Gasteiger charge is -2.34. The van der Waals surface area contributed by atoms with Gasteiger partial charge in [0.25, 0.3) is 10.0 Å². The molecule has 0 unspecified atom stereocenters. The highest BCUT2D eigenvalue weighted by molar-refractivity contribution is 7.89. The molecule has 0 bridgehead atoms. The number of nitrogens with zero attached hydrogens (tertiary/aromatic N) is 1. The second kappa shape index (κ2) is 5.57. The summed E-state index contributed by atoms with van der Waals surface area (Å²) in [5.74, 6) is -1.12. The molecule has 1 heterocycles. The molecule has 6 nitrogen and oxygen atoms in total. The minimum atomic E-state index is -3.88. The number of hydrogen-bond acceptors (Lipinski definition) is 5. The zero-order valence-corrected chi connectivity index (χ0v) is 13.6. The van der Waals surface area contributed by atoms with Crippen molar-refractivity contribution < 1.29 is 22.7 Å². The van der Waals surface area contributed by atoms with Crippen LogP contribution in [0.4, 0.5) is 0 Å². The number of esters is 1. The Hall–Kier alpha value is -2.15. The summed E-state index contributed by atoms with van der Waals surface area (Å²) in [6, 6.07) is 5.66. The van der Waals surface area contributed by atoms with Crippen molar-refractivity contribution in [1.29, 1.82) is 0 Å². The highest BCUT2D eigenvalue weighted by Gasteiger charge is 2.41. The van der Waals surface area contributed by atoms with Gasteiger partial charge in [0.2, 0.25) is 0 Å². The van der Waals surface area contributed by atoms with E-state index in [0.717, 1.165) is 4.31 Å². The predicted octanol–water partition coefficient (Wildman–Crippen LogP) is 1.92. The quantitative estimate of drug-likeness (QED) is 0.794. The average Bonchev–Trinajstić information content (AvgIpc) is 2.40. The fourth-order valence-corrected chi connectivity index (χ4v) is 4.34. The van der Waals surface area contributed by atoms with Crippen molar-refractivity contribution in [3.8, 4) is 0 Å². The number of allylic oxidation sites excluding steroid dienone is 1. The number of Topliss-reactive ketones (excluding diaryl/α,β-unsaturated/α-hetero) is 1. The minimum Gasteiger partial charge on any atom is -0.424 e. The molecular weight excluding hydrogens is 306 g/mol. The van der Waals surface area contributed by atoms with Gasteiger partial charge in [-0.15, -0.1) is 0 Å². The lowest BCUT2D eigenvalue weighted by Crippen LogP contribution is -2.42. The van der Waals surface area contributed by atoms with Gasteiger partial charge in [-0.05, 0) is 26.0 Å². The minimum absolute atomic E-state index is 0.0147. The highest BCUT2D eigenvalue weighted by atomic mass is 32.2. The van der Waals surface area contributed by atoms with Crippen molar-refractivity contribution in [1.82, 2.24) is 4.31 Å². The molecule has 1 aliphatic rings. The van der Waals surface area contributed by atoms with E-state index in [1.165, 1.54) is 26.0 Å². The molecule has 0 fully saturated rings. The van der Waals surface area contributed by atoms with Gasteiger partial charge < -0.3 is 4.74 Å². The number of carbonyl (C=O) groups excluding carboxylic acids is 2. The molecule has 1 aromatic rings. The van der Waals surface area contributed by atoms with Crippen LogP contribution in [-0.4, -0.2) is 30.5 Å². The third-order valence-electron chi connectivity index (χ3n) is 3.15. The number of hydrogen-bond donors (Lipinski definition) is 0. The number of rotatable bonds is 3. The summed E-state index contributed by atoms with van der Waals surface area (Å²) in [6.45, 7) is 5.76. The predicted molar refractivity (Wildman–Crippen MR) is 80.0 cm³/mol. The van der Waals surface area contributed by atoms with Crippen LogP contribution in [0, 0.1) is 0 Å². The van der Waals surface area contributed by atoms with Gasteiger partial charge in [-0.1, -0.05) is 12.1 Å². The van der Waals surface area contributed by atoms with E-state index in [1.807, 2.05) is 0 Å². The molecule has 0 atom stereocenters. The van der Waals surface area contributed by atoms with Gasteiger partial charge in [0.15, 0.2) is 11.5 Å². The van der Waals surface area contributed by atoms with Crippen molar-refractivity contribution in [2.24, 2.45) is 0 Å². The first-order valence-electron chi connectivity index (χ1n) is 6.75. The molecule has 7 heteroatoms. The Morgan fingerprint density at radius 2 is 1.73 bits per heavy atom. The molecule has 0 spiro atoms. The fraction of sp³-hybridized carbons (Fsp3) is 0.333. The van der Waals surface area contributed by atoms with Crippen molar-refractivity contribution >= 4 is 27.5 Å². The Morgan fingerprint density at radius 3 is 2.23 bits per heavy atom. The number of ether oxygens (including phenoxy) is 1. The smallest absolute Gasteiger partial charge is 0.308 e.